The summed E-state index contributed by atoms with van der Waals surface area (Å²) in [5.41, 5.74) is 5.47. The molecule has 1 aliphatic carbocycles. The first-order valence-electron chi connectivity index (χ1n) is 6.06. The van der Waals surface area contributed by atoms with Crippen molar-refractivity contribution in [3.63, 3.8) is 0 Å². The largest absolute Gasteiger partial charge is 0.374 e. The number of carbonyl (C=O) groups excluding carboxylic acids is 1. The highest BCUT2D eigenvalue weighted by Crippen LogP contribution is 2.27. The highest BCUT2D eigenvalue weighted by atomic mass is 16.5. The van der Waals surface area contributed by atoms with Gasteiger partial charge in [-0.15, -0.1) is 0 Å². The van der Waals surface area contributed by atoms with Gasteiger partial charge in [0.1, 0.15) is 0 Å². The summed E-state index contributed by atoms with van der Waals surface area (Å²) in [4.78, 5) is 13.8. The number of nitrogens with zero attached hydrogens (tertiary/aromatic N) is 1. The lowest BCUT2D eigenvalue weighted by molar-refractivity contribution is -0.123. The van der Waals surface area contributed by atoms with Crippen LogP contribution in [-0.4, -0.2) is 55.2 Å². The lowest BCUT2D eigenvalue weighted by Gasteiger charge is -2.33. The van der Waals surface area contributed by atoms with E-state index >= 15 is 0 Å². The van der Waals surface area contributed by atoms with Gasteiger partial charge in [0.25, 0.3) is 0 Å². The van der Waals surface area contributed by atoms with Gasteiger partial charge in [-0.25, -0.2) is 0 Å². The van der Waals surface area contributed by atoms with E-state index in [-0.39, 0.29) is 12.0 Å². The number of rotatable bonds is 4. The van der Waals surface area contributed by atoms with E-state index in [2.05, 4.69) is 10.2 Å². The van der Waals surface area contributed by atoms with E-state index in [0.717, 1.165) is 25.7 Å². The van der Waals surface area contributed by atoms with E-state index in [9.17, 15) is 4.79 Å². The second-order valence-electron chi connectivity index (χ2n) is 4.75. The van der Waals surface area contributed by atoms with Gasteiger partial charge in [-0.05, 0) is 19.8 Å². The number of hydrogen-bond acceptors (Lipinski definition) is 4. The van der Waals surface area contributed by atoms with Crippen LogP contribution in [0.3, 0.4) is 0 Å². The molecule has 92 valence electrons. The molecule has 2 aliphatic rings. The highest BCUT2D eigenvalue weighted by Gasteiger charge is 2.32. The molecule has 0 aromatic carbocycles. The smallest absolute Gasteiger partial charge is 0.236 e. The van der Waals surface area contributed by atoms with Crippen molar-refractivity contribution in [2.75, 3.05) is 26.2 Å². The summed E-state index contributed by atoms with van der Waals surface area (Å²) in [5, 5.41) is 2.82. The van der Waals surface area contributed by atoms with Gasteiger partial charge in [0.05, 0.1) is 18.8 Å². The van der Waals surface area contributed by atoms with E-state index in [1.807, 2.05) is 0 Å². The molecular weight excluding hydrogens is 206 g/mol. The third kappa shape index (κ3) is 3.17. The van der Waals surface area contributed by atoms with Gasteiger partial charge in [-0.1, -0.05) is 0 Å². The average Bonchev–Trinajstić information content (AvgIpc) is 3.10. The van der Waals surface area contributed by atoms with Crippen LogP contribution in [0.4, 0.5) is 0 Å². The van der Waals surface area contributed by atoms with Crippen molar-refractivity contribution in [2.45, 2.75) is 38.0 Å². The van der Waals surface area contributed by atoms with Gasteiger partial charge < -0.3 is 15.8 Å². The van der Waals surface area contributed by atoms with Gasteiger partial charge in [-0.3, -0.25) is 9.69 Å². The van der Waals surface area contributed by atoms with Crippen molar-refractivity contribution < 1.29 is 9.53 Å². The first-order chi connectivity index (χ1) is 7.66. The molecule has 0 bridgehead atoms. The molecule has 1 amide bonds. The molecule has 0 radical (unpaired) electrons. The van der Waals surface area contributed by atoms with Crippen LogP contribution in [0.2, 0.25) is 0 Å². The number of hydrogen-bond donors (Lipinski definition) is 2. The maximum absolute atomic E-state index is 11.3. The Morgan fingerprint density at radius 1 is 1.62 bits per heavy atom. The van der Waals surface area contributed by atoms with Crippen LogP contribution >= 0.6 is 0 Å². The molecule has 1 aliphatic heterocycles. The maximum Gasteiger partial charge on any atom is 0.236 e. The summed E-state index contributed by atoms with van der Waals surface area (Å²) in [5.74, 6) is -0.104. The summed E-state index contributed by atoms with van der Waals surface area (Å²) in [6.07, 6.45) is 2.76. The fourth-order valence-corrected chi connectivity index (χ4v) is 2.01. The van der Waals surface area contributed by atoms with Crippen LogP contribution in [0.5, 0.6) is 0 Å². The normalized spacial score (nSPS) is 28.8. The summed E-state index contributed by atoms with van der Waals surface area (Å²) < 4.78 is 5.62. The van der Waals surface area contributed by atoms with E-state index in [0.29, 0.717) is 6.54 Å². The minimum absolute atomic E-state index is 0.104. The highest BCUT2D eigenvalue weighted by molar-refractivity contribution is 5.80. The van der Waals surface area contributed by atoms with E-state index in [1.54, 1.807) is 6.92 Å². The zero-order chi connectivity index (χ0) is 11.5. The fraction of sp³-hybridized carbons (Fsp3) is 0.909. The van der Waals surface area contributed by atoms with Crippen molar-refractivity contribution in [1.82, 2.24) is 10.2 Å². The Morgan fingerprint density at radius 3 is 3.00 bits per heavy atom. The number of morpholine rings is 1. The molecule has 5 heteroatoms. The second-order valence-corrected chi connectivity index (χ2v) is 4.75. The first kappa shape index (κ1) is 11.8. The fourth-order valence-electron chi connectivity index (χ4n) is 2.01. The van der Waals surface area contributed by atoms with Crippen molar-refractivity contribution in [3.05, 3.63) is 0 Å². The lowest BCUT2D eigenvalue weighted by atomic mass is 10.2. The Labute approximate surface area is 96.3 Å². The first-order valence-corrected chi connectivity index (χ1v) is 6.06. The Bertz CT molecular complexity index is 254. The maximum atomic E-state index is 11.3. The monoisotopic (exact) mass is 227 g/mol. The molecule has 0 aromatic rings. The number of carbonyl (C=O) groups is 1. The zero-order valence-electron chi connectivity index (χ0n) is 9.82. The lowest BCUT2D eigenvalue weighted by Crippen LogP contribution is -2.50. The number of nitrogens with two attached hydrogens (primary N) is 1. The summed E-state index contributed by atoms with van der Waals surface area (Å²) in [7, 11) is 0. The Balaban J connectivity index is 1.70. The molecule has 16 heavy (non-hydrogen) atoms. The second kappa shape index (κ2) is 5.12. The summed E-state index contributed by atoms with van der Waals surface area (Å²) >= 11 is 0. The van der Waals surface area contributed by atoms with Crippen molar-refractivity contribution in [2.24, 2.45) is 5.73 Å². The zero-order valence-corrected chi connectivity index (χ0v) is 9.82. The molecule has 2 unspecified atom stereocenters. The Morgan fingerprint density at radius 2 is 2.38 bits per heavy atom. The SMILES string of the molecule is CC(N)C(=O)NCC1CN(C2CC2)CCO1. The molecule has 0 spiro atoms. The minimum atomic E-state index is -0.442. The van der Waals surface area contributed by atoms with Crippen molar-refractivity contribution >= 4 is 5.91 Å². The third-order valence-electron chi connectivity index (χ3n) is 3.15. The molecule has 5 nitrogen and oxygen atoms in total. The predicted octanol–water partition coefficient (Wildman–Crippen LogP) is -0.687. The van der Waals surface area contributed by atoms with Crippen LogP contribution in [0.15, 0.2) is 0 Å². The van der Waals surface area contributed by atoms with Gasteiger partial charge in [0.15, 0.2) is 0 Å². The molecule has 1 saturated heterocycles. The van der Waals surface area contributed by atoms with Crippen molar-refractivity contribution in [3.8, 4) is 0 Å². The molecule has 1 saturated carbocycles. The molecule has 3 N–H and O–H groups in total. The minimum Gasteiger partial charge on any atom is -0.374 e. The van der Waals surface area contributed by atoms with Crippen LogP contribution in [0.1, 0.15) is 19.8 Å². The van der Waals surface area contributed by atoms with Crippen molar-refractivity contribution in [1.29, 1.82) is 0 Å². The molecule has 1 heterocycles. The number of ether oxygens (including phenoxy) is 1. The van der Waals surface area contributed by atoms with Gasteiger partial charge in [0, 0.05) is 25.7 Å². The van der Waals surface area contributed by atoms with Gasteiger partial charge >= 0.3 is 0 Å². The average molecular weight is 227 g/mol. The topological polar surface area (TPSA) is 67.6 Å². The summed E-state index contributed by atoms with van der Waals surface area (Å²) in [6.45, 7) is 5.00. The molecular formula is C11H21N3O2. The van der Waals surface area contributed by atoms with Crippen LogP contribution in [0, 0.1) is 0 Å². The van der Waals surface area contributed by atoms with Crippen LogP contribution in [0.25, 0.3) is 0 Å². The Kier molecular flexibility index (Phi) is 3.78. The third-order valence-corrected chi connectivity index (χ3v) is 3.15. The van der Waals surface area contributed by atoms with E-state index < -0.39 is 6.04 Å². The molecule has 2 fully saturated rings. The Hall–Kier alpha value is -0.650. The predicted molar refractivity (Wildman–Crippen MR) is 61.0 cm³/mol. The standard InChI is InChI=1S/C11H21N3O2/c1-8(12)11(15)13-6-10-7-14(4-5-16-10)9-2-3-9/h8-10H,2-7,12H2,1H3,(H,13,15). The van der Waals surface area contributed by atoms with E-state index in [1.165, 1.54) is 12.8 Å². The number of amides is 1. The number of nitrogens with one attached hydrogen (secondary N) is 1. The van der Waals surface area contributed by atoms with E-state index in [4.69, 9.17) is 10.5 Å². The molecule has 2 atom stereocenters. The molecule has 0 aromatic heterocycles. The van der Waals surface area contributed by atoms with Gasteiger partial charge in [-0.2, -0.15) is 0 Å². The summed E-state index contributed by atoms with van der Waals surface area (Å²) in [6, 6.07) is 0.332. The molecule has 2 rings (SSSR count). The van der Waals surface area contributed by atoms with Crippen LogP contribution < -0.4 is 11.1 Å². The van der Waals surface area contributed by atoms with Gasteiger partial charge in [0.2, 0.25) is 5.91 Å². The van der Waals surface area contributed by atoms with Crippen LogP contribution in [-0.2, 0) is 9.53 Å². The quantitative estimate of drug-likeness (QED) is 0.667.